The van der Waals surface area contributed by atoms with Crippen molar-refractivity contribution in [1.82, 2.24) is 0 Å². The molecule has 11 heteroatoms. The van der Waals surface area contributed by atoms with Crippen LogP contribution >= 0.6 is 7.60 Å². The molecule has 10 nitrogen and oxygen atoms in total. The van der Waals surface area contributed by atoms with Crippen molar-refractivity contribution in [2.45, 2.75) is 42.7 Å². The molecule has 1 fully saturated rings. The highest BCUT2D eigenvalue weighted by atomic mass is 31.2. The van der Waals surface area contributed by atoms with Crippen molar-refractivity contribution in [3.63, 3.8) is 0 Å². The topological polar surface area (TPSA) is 188 Å². The van der Waals surface area contributed by atoms with Gasteiger partial charge in [-0.1, -0.05) is 0 Å². The quantitative estimate of drug-likeness (QED) is 0.236. The second-order valence-corrected chi connectivity index (χ2v) is 5.66. The highest BCUT2D eigenvalue weighted by Gasteiger charge is 2.50. The molecule has 0 bridgehead atoms. The Morgan fingerprint density at radius 2 is 1.44 bits per heavy atom. The van der Waals surface area contributed by atoms with Crippen LogP contribution in [0, 0.1) is 0 Å². The van der Waals surface area contributed by atoms with Gasteiger partial charge >= 0.3 is 7.60 Å². The summed E-state index contributed by atoms with van der Waals surface area (Å²) in [6, 6.07) is 0. The normalized spacial score (nSPS) is 41.4. The Kier molecular flexibility index (Phi) is 4.84. The van der Waals surface area contributed by atoms with Crippen molar-refractivity contribution in [3.8, 4) is 0 Å². The highest BCUT2D eigenvalue weighted by molar-refractivity contribution is 7.52. The van der Waals surface area contributed by atoms with Crippen LogP contribution in [0.15, 0.2) is 0 Å². The molecule has 0 aliphatic carbocycles. The van der Waals surface area contributed by atoms with Crippen LogP contribution in [0.25, 0.3) is 0 Å². The molecule has 1 rings (SSSR count). The van der Waals surface area contributed by atoms with E-state index in [1.54, 1.807) is 0 Å². The van der Waals surface area contributed by atoms with Crippen LogP contribution in [-0.2, 0) is 9.30 Å². The van der Waals surface area contributed by atoms with Crippen LogP contribution in [0.4, 0.5) is 0 Å². The molecule has 0 amide bonds. The molecular weight excluding hydrogens is 275 g/mol. The summed E-state index contributed by atoms with van der Waals surface area (Å²) in [4.78, 5) is 17.3. The maximum atomic E-state index is 10.7. The van der Waals surface area contributed by atoms with E-state index in [9.17, 15) is 19.9 Å². The van der Waals surface area contributed by atoms with E-state index in [1.165, 1.54) is 0 Å². The third kappa shape index (κ3) is 3.06. The zero-order chi connectivity index (χ0) is 14.2. The fourth-order valence-electron chi connectivity index (χ4n) is 1.54. The number of rotatable bonds is 3. The molecule has 108 valence electrons. The third-order valence-corrected chi connectivity index (χ3v) is 3.61. The first-order valence-corrected chi connectivity index (χ1v) is 6.54. The predicted molar refractivity (Wildman–Crippen MR) is 53.0 cm³/mol. The molecule has 0 aromatic carbocycles. The van der Waals surface area contributed by atoms with E-state index < -0.39 is 50.3 Å². The van der Waals surface area contributed by atoms with Gasteiger partial charge in [0.2, 0.25) is 0 Å². The van der Waals surface area contributed by atoms with E-state index >= 15 is 0 Å². The van der Waals surface area contributed by atoms with Crippen molar-refractivity contribution in [2.24, 2.45) is 0 Å². The Hall–Kier alpha value is -0.130. The Morgan fingerprint density at radius 1 is 0.944 bits per heavy atom. The highest BCUT2D eigenvalue weighted by Crippen LogP contribution is 2.43. The minimum Gasteiger partial charge on any atom is -0.387 e. The summed E-state index contributed by atoms with van der Waals surface area (Å²) < 4.78 is 15.2. The molecule has 0 spiro atoms. The average Bonchev–Trinajstić information content (AvgIpc) is 2.28. The number of aliphatic hydroxyl groups excluding tert-OH is 6. The standard InChI is InChI=1S/C7H15O10P/c8-1-2(9)5(17-6(12)3(1)10)4(11)7(13)18(14,15)16/h1-13H,(H2,14,15,16)/t1-,2-,3-,4-,5-,6?,7-/m0/s1. The van der Waals surface area contributed by atoms with Gasteiger partial charge in [-0.3, -0.25) is 4.57 Å². The Balaban J connectivity index is 2.86. The first-order valence-electron chi connectivity index (χ1n) is 4.86. The molecule has 0 aromatic rings. The fourth-order valence-corrected chi connectivity index (χ4v) is 2.11. The van der Waals surface area contributed by atoms with Crippen LogP contribution in [0.2, 0.25) is 0 Å². The zero-order valence-corrected chi connectivity index (χ0v) is 9.78. The lowest BCUT2D eigenvalue weighted by Crippen LogP contribution is -2.62. The summed E-state index contributed by atoms with van der Waals surface area (Å²) in [6.45, 7) is 0. The van der Waals surface area contributed by atoms with Gasteiger partial charge in [0.1, 0.15) is 30.5 Å². The molecule has 0 saturated carbocycles. The molecule has 1 heterocycles. The molecule has 18 heavy (non-hydrogen) atoms. The Morgan fingerprint density at radius 3 is 1.89 bits per heavy atom. The van der Waals surface area contributed by atoms with Crippen LogP contribution in [0.3, 0.4) is 0 Å². The molecule has 0 radical (unpaired) electrons. The van der Waals surface area contributed by atoms with Crippen molar-refractivity contribution in [1.29, 1.82) is 0 Å². The number of ether oxygens (including phenoxy) is 1. The molecule has 8 N–H and O–H groups in total. The molecule has 1 saturated heterocycles. The second-order valence-electron chi connectivity index (χ2n) is 3.96. The van der Waals surface area contributed by atoms with E-state index in [0.717, 1.165) is 0 Å². The van der Waals surface area contributed by atoms with E-state index in [1.807, 2.05) is 0 Å². The van der Waals surface area contributed by atoms with E-state index in [0.29, 0.717) is 0 Å². The lowest BCUT2D eigenvalue weighted by atomic mass is 9.95. The lowest BCUT2D eigenvalue weighted by Gasteiger charge is -2.41. The van der Waals surface area contributed by atoms with Crippen LogP contribution in [-0.4, -0.2) is 83.1 Å². The van der Waals surface area contributed by atoms with Gasteiger partial charge in [0, 0.05) is 0 Å². The molecule has 1 aliphatic heterocycles. The summed E-state index contributed by atoms with van der Waals surface area (Å²) in [5, 5.41) is 55.6. The molecule has 0 aromatic heterocycles. The van der Waals surface area contributed by atoms with Gasteiger partial charge in [0.05, 0.1) is 0 Å². The number of hydrogen-bond donors (Lipinski definition) is 8. The monoisotopic (exact) mass is 290 g/mol. The van der Waals surface area contributed by atoms with Crippen molar-refractivity contribution in [2.75, 3.05) is 0 Å². The minimum absolute atomic E-state index is 1.85. The number of hydrogen-bond acceptors (Lipinski definition) is 8. The van der Waals surface area contributed by atoms with E-state index in [4.69, 9.17) is 25.1 Å². The lowest BCUT2D eigenvalue weighted by molar-refractivity contribution is -0.300. The number of aliphatic hydroxyl groups is 6. The summed E-state index contributed by atoms with van der Waals surface area (Å²) in [5.41, 5.74) is 0. The van der Waals surface area contributed by atoms with Gasteiger partial charge in [-0.2, -0.15) is 0 Å². The fraction of sp³-hybridized carbons (Fsp3) is 1.00. The first-order chi connectivity index (χ1) is 8.07. The second kappa shape index (κ2) is 5.47. The van der Waals surface area contributed by atoms with Crippen molar-refractivity contribution in [3.05, 3.63) is 0 Å². The molecule has 7 atom stereocenters. The molecular formula is C7H15O10P. The van der Waals surface area contributed by atoms with E-state index in [-0.39, 0.29) is 0 Å². The summed E-state index contributed by atoms with van der Waals surface area (Å²) in [6.07, 6.45) is -11.8. The maximum Gasteiger partial charge on any atom is 0.356 e. The van der Waals surface area contributed by atoms with Gasteiger partial charge in [0.15, 0.2) is 12.1 Å². The van der Waals surface area contributed by atoms with Gasteiger partial charge in [0.25, 0.3) is 0 Å². The van der Waals surface area contributed by atoms with Crippen LogP contribution in [0.1, 0.15) is 0 Å². The van der Waals surface area contributed by atoms with Crippen molar-refractivity contribution < 1.29 is 49.7 Å². The maximum absolute atomic E-state index is 10.7. The van der Waals surface area contributed by atoms with Crippen molar-refractivity contribution >= 4 is 7.60 Å². The zero-order valence-electron chi connectivity index (χ0n) is 8.88. The summed E-state index contributed by atoms with van der Waals surface area (Å²) in [5.74, 6) is -2.56. The Labute approximate surface area is 101 Å². The van der Waals surface area contributed by atoms with E-state index in [2.05, 4.69) is 4.74 Å². The van der Waals surface area contributed by atoms with Gasteiger partial charge in [-0.05, 0) is 0 Å². The average molecular weight is 290 g/mol. The van der Waals surface area contributed by atoms with Gasteiger partial charge < -0.3 is 45.2 Å². The van der Waals surface area contributed by atoms with Crippen LogP contribution < -0.4 is 0 Å². The SMILES string of the molecule is O=P(O)(O)[C@H](O)[C@@H](O)[C@H]1OC(O)[C@@H](O)[C@@H](O)[C@@H]1O. The summed E-state index contributed by atoms with van der Waals surface area (Å²) in [7, 11) is -5.07. The van der Waals surface area contributed by atoms with Gasteiger partial charge in [-0.15, -0.1) is 0 Å². The van der Waals surface area contributed by atoms with Gasteiger partial charge in [-0.25, -0.2) is 0 Å². The predicted octanol–water partition coefficient (Wildman–Crippen LogP) is -4.36. The molecule has 1 aliphatic rings. The Bertz CT molecular complexity index is 330. The smallest absolute Gasteiger partial charge is 0.356 e. The first kappa shape index (κ1) is 15.9. The van der Waals surface area contributed by atoms with Crippen LogP contribution in [0.5, 0.6) is 0 Å². The third-order valence-electron chi connectivity index (χ3n) is 2.61. The minimum atomic E-state index is -5.07. The molecule has 1 unspecified atom stereocenters. The largest absolute Gasteiger partial charge is 0.387 e. The summed E-state index contributed by atoms with van der Waals surface area (Å²) >= 11 is 0.